The van der Waals surface area contributed by atoms with E-state index in [1.807, 2.05) is 12.1 Å². The number of hydrogen-bond acceptors (Lipinski definition) is 9. The van der Waals surface area contributed by atoms with E-state index in [0.29, 0.717) is 30.2 Å². The molecule has 2 N–H and O–H groups in total. The van der Waals surface area contributed by atoms with Crippen LogP contribution in [0.1, 0.15) is 11.1 Å². The normalized spacial score (nSPS) is 14.2. The van der Waals surface area contributed by atoms with Crippen molar-refractivity contribution in [2.24, 2.45) is 0 Å². The molecule has 0 atom stereocenters. The number of hydrogen-bond donors (Lipinski definition) is 2. The zero-order valence-electron chi connectivity index (χ0n) is 21.6. The van der Waals surface area contributed by atoms with Gasteiger partial charge in [0.2, 0.25) is 10.0 Å². The van der Waals surface area contributed by atoms with Gasteiger partial charge in [-0.2, -0.15) is 13.2 Å². The lowest BCUT2D eigenvalue weighted by Gasteiger charge is -2.29. The van der Waals surface area contributed by atoms with Crippen molar-refractivity contribution in [2.75, 3.05) is 66.6 Å². The van der Waals surface area contributed by atoms with E-state index in [4.69, 9.17) is 9.47 Å². The summed E-state index contributed by atoms with van der Waals surface area (Å²) in [4.78, 5) is 10.2. The summed E-state index contributed by atoms with van der Waals surface area (Å²) in [5.74, 6) is 0.764. The third-order valence-electron chi connectivity index (χ3n) is 6.17. The summed E-state index contributed by atoms with van der Waals surface area (Å²) in [5.41, 5.74) is 0.655. The van der Waals surface area contributed by atoms with Gasteiger partial charge in [-0.3, -0.25) is 4.31 Å². The summed E-state index contributed by atoms with van der Waals surface area (Å²) in [6.45, 7) is 2.61. The zero-order valence-corrected chi connectivity index (χ0v) is 22.4. The zero-order chi connectivity index (χ0) is 28.2. The number of aromatic nitrogens is 2. The van der Waals surface area contributed by atoms with Gasteiger partial charge in [-0.15, -0.1) is 0 Å². The van der Waals surface area contributed by atoms with Gasteiger partial charge >= 0.3 is 6.18 Å². The minimum absolute atomic E-state index is 0.110. The molecular formula is C25H29F3N6O4S. The monoisotopic (exact) mass is 566 g/mol. The molecule has 1 aromatic carbocycles. The lowest BCUT2D eigenvalue weighted by Crippen LogP contribution is -2.36. The van der Waals surface area contributed by atoms with Gasteiger partial charge in [0.1, 0.15) is 17.4 Å². The Hall–Kier alpha value is -3.78. The average Bonchev–Trinajstić information content (AvgIpc) is 2.91. The van der Waals surface area contributed by atoms with Gasteiger partial charge in [-0.05, 0) is 18.2 Å². The number of pyridine rings is 2. The smallest absolute Gasteiger partial charge is 0.419 e. The first-order valence-electron chi connectivity index (χ1n) is 11.9. The van der Waals surface area contributed by atoms with E-state index >= 15 is 0 Å². The molecule has 3 heterocycles. The van der Waals surface area contributed by atoms with Gasteiger partial charge in [0.25, 0.3) is 0 Å². The second kappa shape index (κ2) is 11.5. The number of anilines is 5. The first-order chi connectivity index (χ1) is 18.5. The van der Waals surface area contributed by atoms with Crippen LogP contribution < -0.4 is 24.6 Å². The van der Waals surface area contributed by atoms with Crippen LogP contribution in [0.3, 0.4) is 0 Å². The number of sulfonamides is 1. The van der Waals surface area contributed by atoms with Crippen molar-refractivity contribution in [1.29, 1.82) is 0 Å². The van der Waals surface area contributed by atoms with E-state index in [1.165, 1.54) is 26.4 Å². The van der Waals surface area contributed by atoms with Crippen LogP contribution in [0.2, 0.25) is 0 Å². The van der Waals surface area contributed by atoms with Gasteiger partial charge in [-0.1, -0.05) is 6.07 Å². The Labute approximate surface area is 224 Å². The molecule has 10 nitrogen and oxygen atoms in total. The van der Waals surface area contributed by atoms with Crippen LogP contribution in [0, 0.1) is 0 Å². The average molecular weight is 567 g/mol. The third kappa shape index (κ3) is 6.81. The summed E-state index contributed by atoms with van der Waals surface area (Å²) in [7, 11) is -0.792. The fraction of sp³-hybridized carbons (Fsp3) is 0.360. The highest BCUT2D eigenvalue weighted by Gasteiger charge is 2.34. The summed E-state index contributed by atoms with van der Waals surface area (Å²) < 4.78 is 77.3. The van der Waals surface area contributed by atoms with Gasteiger partial charge in [0.15, 0.2) is 0 Å². The minimum atomic E-state index is -4.67. The molecule has 0 amide bonds. The topological polar surface area (TPSA) is 109 Å². The molecule has 1 aliphatic heterocycles. The van der Waals surface area contributed by atoms with Crippen LogP contribution in [0.4, 0.5) is 41.9 Å². The Bertz CT molecular complexity index is 1420. The highest BCUT2D eigenvalue weighted by Crippen LogP contribution is 2.37. The number of ether oxygens (including phenoxy) is 2. The summed E-state index contributed by atoms with van der Waals surface area (Å²) in [6.07, 6.45) is -1.50. The molecule has 3 aromatic rings. The maximum absolute atomic E-state index is 13.8. The Morgan fingerprint density at radius 3 is 2.54 bits per heavy atom. The third-order valence-corrected chi connectivity index (χ3v) is 7.33. The van der Waals surface area contributed by atoms with E-state index in [-0.39, 0.29) is 23.9 Å². The lowest BCUT2D eigenvalue weighted by atomic mass is 10.2. The van der Waals surface area contributed by atoms with Gasteiger partial charge < -0.3 is 25.0 Å². The largest absolute Gasteiger partial charge is 0.494 e. The van der Waals surface area contributed by atoms with Crippen molar-refractivity contribution in [3.05, 3.63) is 59.9 Å². The number of methoxy groups -OCH3 is 1. The second-order valence-corrected chi connectivity index (χ2v) is 10.8. The SMILES string of the molecule is COc1cc(N2CCOCC2)ccc1Nc1cc(NCc2cccnc2N(C)S(C)(=O)=O)c(C(F)(F)F)cn1. The fourth-order valence-corrected chi connectivity index (χ4v) is 4.51. The lowest BCUT2D eigenvalue weighted by molar-refractivity contribution is -0.137. The van der Waals surface area contributed by atoms with Crippen molar-refractivity contribution in [3.63, 3.8) is 0 Å². The van der Waals surface area contributed by atoms with Gasteiger partial charge in [0, 0.05) is 62.5 Å². The maximum Gasteiger partial charge on any atom is 0.419 e. The minimum Gasteiger partial charge on any atom is -0.494 e. The molecule has 0 unspecified atom stereocenters. The predicted molar refractivity (Wildman–Crippen MR) is 143 cm³/mol. The van der Waals surface area contributed by atoms with Crippen molar-refractivity contribution in [2.45, 2.75) is 12.7 Å². The number of rotatable bonds is 9. The number of alkyl halides is 3. The van der Waals surface area contributed by atoms with Crippen LogP contribution in [0.15, 0.2) is 48.8 Å². The van der Waals surface area contributed by atoms with Crippen LogP contribution in [0.25, 0.3) is 0 Å². The first kappa shape index (κ1) is 28.2. The molecule has 4 rings (SSSR count). The number of halogens is 3. The highest BCUT2D eigenvalue weighted by molar-refractivity contribution is 7.92. The Kier molecular flexibility index (Phi) is 8.35. The van der Waals surface area contributed by atoms with Crippen molar-refractivity contribution >= 4 is 38.7 Å². The molecule has 1 aliphatic rings. The van der Waals surface area contributed by atoms with Crippen molar-refractivity contribution in [1.82, 2.24) is 9.97 Å². The van der Waals surface area contributed by atoms with Crippen LogP contribution >= 0.6 is 0 Å². The van der Waals surface area contributed by atoms with Crippen LogP contribution in [0.5, 0.6) is 5.75 Å². The molecule has 0 bridgehead atoms. The van der Waals surface area contributed by atoms with Crippen molar-refractivity contribution < 1.29 is 31.1 Å². The number of benzene rings is 1. The van der Waals surface area contributed by atoms with E-state index in [2.05, 4.69) is 25.5 Å². The molecular weight excluding hydrogens is 537 g/mol. The van der Waals surface area contributed by atoms with E-state index < -0.39 is 21.8 Å². The molecule has 2 aromatic heterocycles. The Morgan fingerprint density at radius 1 is 1.13 bits per heavy atom. The summed E-state index contributed by atoms with van der Waals surface area (Å²) >= 11 is 0. The molecule has 0 saturated carbocycles. The molecule has 210 valence electrons. The molecule has 0 spiro atoms. The summed E-state index contributed by atoms with van der Waals surface area (Å²) in [6, 6.07) is 9.92. The van der Waals surface area contributed by atoms with E-state index in [0.717, 1.165) is 35.5 Å². The molecule has 14 heteroatoms. The van der Waals surface area contributed by atoms with Crippen LogP contribution in [-0.2, 0) is 27.5 Å². The first-order valence-corrected chi connectivity index (χ1v) is 13.8. The van der Waals surface area contributed by atoms with Crippen LogP contribution in [-0.4, -0.2) is 65.1 Å². The summed E-state index contributed by atoms with van der Waals surface area (Å²) in [5, 5.41) is 5.81. The maximum atomic E-state index is 13.8. The van der Waals surface area contributed by atoms with E-state index in [1.54, 1.807) is 18.2 Å². The Morgan fingerprint density at radius 2 is 1.87 bits per heavy atom. The molecule has 39 heavy (non-hydrogen) atoms. The fourth-order valence-electron chi connectivity index (χ4n) is 4.03. The molecule has 0 radical (unpaired) electrons. The Balaban J connectivity index is 1.60. The van der Waals surface area contributed by atoms with Gasteiger partial charge in [0.05, 0.1) is 43.5 Å². The standard InChI is InChI=1S/C25H29F3N6O4S/c1-33(39(3,35)36)24-17(5-4-8-29-24)15-30-21-14-23(31-16-19(21)25(26,27)28)32-20-7-6-18(13-22(20)37-2)34-9-11-38-12-10-34/h4-8,13-14,16H,9-12,15H2,1-3H3,(H2,30,31,32). The molecule has 1 fully saturated rings. The quantitative estimate of drug-likeness (QED) is 0.396. The molecule has 0 aliphatic carbocycles. The highest BCUT2D eigenvalue weighted by atomic mass is 32.2. The number of nitrogens with one attached hydrogen (secondary N) is 2. The second-order valence-electron chi connectivity index (χ2n) is 8.79. The molecule has 1 saturated heterocycles. The van der Waals surface area contributed by atoms with Gasteiger partial charge in [-0.25, -0.2) is 18.4 Å². The van der Waals surface area contributed by atoms with Crippen molar-refractivity contribution in [3.8, 4) is 5.75 Å². The number of nitrogens with zero attached hydrogens (tertiary/aromatic N) is 4. The number of morpholine rings is 1. The van der Waals surface area contributed by atoms with E-state index in [9.17, 15) is 21.6 Å². The predicted octanol–water partition coefficient (Wildman–Crippen LogP) is 4.09.